The molecule has 0 aromatic rings. The van der Waals surface area contributed by atoms with Gasteiger partial charge in [-0.15, -0.1) is 0 Å². The van der Waals surface area contributed by atoms with Crippen molar-refractivity contribution >= 4 is 12.0 Å². The van der Waals surface area contributed by atoms with Gasteiger partial charge in [0.05, 0.1) is 19.1 Å². The Morgan fingerprint density at radius 2 is 2.00 bits per heavy atom. The molecule has 2 aliphatic rings. The van der Waals surface area contributed by atoms with Crippen molar-refractivity contribution in [2.45, 2.75) is 38.7 Å². The van der Waals surface area contributed by atoms with Gasteiger partial charge in [0.15, 0.2) is 0 Å². The smallest absolute Gasteiger partial charge is 0.320 e. The number of carbonyl (C=O) groups excluding carboxylic acids is 1. The predicted molar refractivity (Wildman–Crippen MR) is 73.5 cm³/mol. The molecule has 1 N–H and O–H groups in total. The largest absolute Gasteiger partial charge is 0.481 e. The lowest BCUT2D eigenvalue weighted by Crippen LogP contribution is -2.50. The van der Waals surface area contributed by atoms with Crippen molar-refractivity contribution in [1.29, 1.82) is 0 Å². The molecule has 6 heteroatoms. The average molecular weight is 284 g/mol. The number of carbonyl (C=O) groups is 2. The van der Waals surface area contributed by atoms with Gasteiger partial charge < -0.3 is 19.6 Å². The van der Waals surface area contributed by atoms with Gasteiger partial charge in [-0.25, -0.2) is 4.79 Å². The third-order valence-corrected chi connectivity index (χ3v) is 4.06. The number of likely N-dealkylation sites (tertiary alicyclic amines) is 1. The monoisotopic (exact) mass is 284 g/mol. The zero-order valence-corrected chi connectivity index (χ0v) is 12.1. The maximum absolute atomic E-state index is 12.4. The summed E-state index contributed by atoms with van der Waals surface area (Å²) in [5, 5.41) is 8.80. The van der Waals surface area contributed by atoms with Crippen LogP contribution in [0.3, 0.4) is 0 Å². The minimum Gasteiger partial charge on any atom is -0.481 e. The van der Waals surface area contributed by atoms with Crippen molar-refractivity contribution in [3.05, 3.63) is 0 Å². The number of carboxylic acid groups (broad SMARTS) is 1. The molecule has 0 radical (unpaired) electrons. The van der Waals surface area contributed by atoms with E-state index < -0.39 is 5.97 Å². The number of rotatable bonds is 4. The van der Waals surface area contributed by atoms with Gasteiger partial charge in [-0.1, -0.05) is 13.3 Å². The number of aliphatic carboxylic acids is 1. The highest BCUT2D eigenvalue weighted by Gasteiger charge is 2.32. The first-order valence-corrected chi connectivity index (χ1v) is 7.47. The fraction of sp³-hybridized carbons (Fsp3) is 0.857. The van der Waals surface area contributed by atoms with Gasteiger partial charge in [-0.05, 0) is 18.8 Å². The number of hydrogen-bond acceptors (Lipinski definition) is 3. The van der Waals surface area contributed by atoms with E-state index in [2.05, 4.69) is 6.92 Å². The van der Waals surface area contributed by atoms with Crippen molar-refractivity contribution in [3.8, 4) is 0 Å². The molecule has 6 nitrogen and oxygen atoms in total. The van der Waals surface area contributed by atoms with Crippen LogP contribution < -0.4 is 0 Å². The summed E-state index contributed by atoms with van der Waals surface area (Å²) < 4.78 is 5.40. The Morgan fingerprint density at radius 3 is 2.70 bits per heavy atom. The first-order chi connectivity index (χ1) is 9.60. The Morgan fingerprint density at radius 1 is 1.25 bits per heavy atom. The number of amides is 2. The number of hydrogen-bond donors (Lipinski definition) is 1. The average Bonchev–Trinajstić information content (AvgIpc) is 2.86. The maximum atomic E-state index is 12.4. The van der Waals surface area contributed by atoms with E-state index in [1.165, 1.54) is 6.42 Å². The minimum absolute atomic E-state index is 0.0394. The molecule has 2 rings (SSSR count). The lowest BCUT2D eigenvalue weighted by Gasteiger charge is -2.35. The second-order valence-electron chi connectivity index (χ2n) is 5.71. The second kappa shape index (κ2) is 6.92. The van der Waals surface area contributed by atoms with Crippen molar-refractivity contribution in [2.24, 2.45) is 5.92 Å². The fourth-order valence-corrected chi connectivity index (χ4v) is 3.06. The Hall–Kier alpha value is -1.30. The highest BCUT2D eigenvalue weighted by Crippen LogP contribution is 2.22. The van der Waals surface area contributed by atoms with E-state index in [9.17, 15) is 9.59 Å². The highest BCUT2D eigenvalue weighted by atomic mass is 16.5. The first kappa shape index (κ1) is 15.1. The molecule has 2 atom stereocenters. The molecule has 2 aliphatic heterocycles. The molecule has 2 unspecified atom stereocenters. The first-order valence-electron chi connectivity index (χ1n) is 7.47. The minimum atomic E-state index is -0.881. The van der Waals surface area contributed by atoms with Crippen LogP contribution in [0.1, 0.15) is 32.6 Å². The normalized spacial score (nSPS) is 26.9. The van der Waals surface area contributed by atoms with E-state index in [1.807, 2.05) is 4.90 Å². The zero-order valence-electron chi connectivity index (χ0n) is 12.1. The third kappa shape index (κ3) is 3.85. The van der Waals surface area contributed by atoms with Crippen molar-refractivity contribution in [2.75, 3.05) is 32.8 Å². The van der Waals surface area contributed by atoms with Gasteiger partial charge in [0.2, 0.25) is 0 Å². The van der Waals surface area contributed by atoms with E-state index >= 15 is 0 Å². The van der Waals surface area contributed by atoms with Crippen molar-refractivity contribution in [3.63, 3.8) is 0 Å². The Kier molecular flexibility index (Phi) is 5.23. The quantitative estimate of drug-likeness (QED) is 0.847. The fourth-order valence-electron chi connectivity index (χ4n) is 3.06. The molecule has 0 aromatic heterocycles. The van der Waals surface area contributed by atoms with Crippen molar-refractivity contribution < 1.29 is 19.4 Å². The summed E-state index contributed by atoms with van der Waals surface area (Å²) >= 11 is 0. The van der Waals surface area contributed by atoms with E-state index in [-0.39, 0.29) is 18.6 Å². The predicted octanol–water partition coefficient (Wildman–Crippen LogP) is 1.40. The van der Waals surface area contributed by atoms with Crippen LogP contribution in [0, 0.1) is 5.92 Å². The summed E-state index contributed by atoms with van der Waals surface area (Å²) in [6, 6.07) is 0.0438. The summed E-state index contributed by atoms with van der Waals surface area (Å²) in [5.41, 5.74) is 0. The molecule has 2 heterocycles. The molecule has 0 aliphatic carbocycles. The van der Waals surface area contributed by atoms with E-state index in [0.717, 1.165) is 25.9 Å². The standard InChI is InChI=1S/C14H24N2O4/c1-2-3-11-4-5-15(9-11)14(19)16-6-7-20-12(10-16)8-13(17)18/h11-12H,2-10H2,1H3,(H,17,18). The number of nitrogens with zero attached hydrogens (tertiary/aromatic N) is 2. The van der Waals surface area contributed by atoms with Crippen LogP contribution in [-0.2, 0) is 9.53 Å². The number of urea groups is 1. The van der Waals surface area contributed by atoms with Crippen LogP contribution in [0.4, 0.5) is 4.79 Å². The van der Waals surface area contributed by atoms with Crippen LogP contribution in [0.2, 0.25) is 0 Å². The van der Waals surface area contributed by atoms with Crippen LogP contribution >= 0.6 is 0 Å². The van der Waals surface area contributed by atoms with Gasteiger partial charge in [0, 0.05) is 26.2 Å². The van der Waals surface area contributed by atoms with Gasteiger partial charge in [-0.2, -0.15) is 0 Å². The van der Waals surface area contributed by atoms with Crippen LogP contribution in [0.25, 0.3) is 0 Å². The van der Waals surface area contributed by atoms with Crippen LogP contribution in [0.5, 0.6) is 0 Å². The molecule has 2 saturated heterocycles. The second-order valence-corrected chi connectivity index (χ2v) is 5.71. The Labute approximate surface area is 119 Å². The summed E-state index contributed by atoms with van der Waals surface area (Å²) in [5.74, 6) is -0.256. The summed E-state index contributed by atoms with van der Waals surface area (Å²) in [4.78, 5) is 26.8. The Bertz CT molecular complexity index is 361. The number of carboxylic acids is 1. The van der Waals surface area contributed by atoms with Gasteiger partial charge in [0.25, 0.3) is 0 Å². The van der Waals surface area contributed by atoms with Crippen LogP contribution in [-0.4, -0.2) is 65.8 Å². The number of ether oxygens (including phenoxy) is 1. The molecular formula is C14H24N2O4. The van der Waals surface area contributed by atoms with Crippen LogP contribution in [0.15, 0.2) is 0 Å². The van der Waals surface area contributed by atoms with Gasteiger partial charge in [0.1, 0.15) is 0 Å². The lowest BCUT2D eigenvalue weighted by molar-refractivity contribution is -0.141. The van der Waals surface area contributed by atoms with E-state index in [1.54, 1.807) is 4.90 Å². The molecule has 0 bridgehead atoms. The topological polar surface area (TPSA) is 70.1 Å². The molecule has 0 aromatic carbocycles. The molecule has 114 valence electrons. The van der Waals surface area contributed by atoms with E-state index in [0.29, 0.717) is 25.6 Å². The van der Waals surface area contributed by atoms with Crippen molar-refractivity contribution in [1.82, 2.24) is 9.80 Å². The summed E-state index contributed by atoms with van der Waals surface area (Å²) in [6.07, 6.45) is 3.00. The summed E-state index contributed by atoms with van der Waals surface area (Å²) in [6.45, 7) is 5.21. The molecule has 0 saturated carbocycles. The molecule has 20 heavy (non-hydrogen) atoms. The Balaban J connectivity index is 1.84. The zero-order chi connectivity index (χ0) is 14.5. The number of morpholine rings is 1. The van der Waals surface area contributed by atoms with E-state index in [4.69, 9.17) is 9.84 Å². The molecule has 2 fully saturated rings. The maximum Gasteiger partial charge on any atom is 0.320 e. The molecule has 2 amide bonds. The highest BCUT2D eigenvalue weighted by molar-refractivity contribution is 5.75. The van der Waals surface area contributed by atoms with Gasteiger partial charge >= 0.3 is 12.0 Å². The third-order valence-electron chi connectivity index (χ3n) is 4.06. The van der Waals surface area contributed by atoms with Gasteiger partial charge in [-0.3, -0.25) is 4.79 Å². The molecular weight excluding hydrogens is 260 g/mol. The summed E-state index contributed by atoms with van der Waals surface area (Å²) in [7, 11) is 0. The molecule has 0 spiro atoms. The SMILES string of the molecule is CCCC1CCN(C(=O)N2CCOC(CC(=O)O)C2)C1. The lowest BCUT2D eigenvalue weighted by atomic mass is 10.0.